The Kier molecular flexibility index (Phi) is 6.74. The lowest BCUT2D eigenvalue weighted by molar-refractivity contribution is 0.0521. The number of hydrogen-bond acceptors (Lipinski definition) is 5. The van der Waals surface area contributed by atoms with E-state index in [0.717, 1.165) is 12.8 Å². The maximum atomic E-state index is 11.7. The molecular weight excluding hydrogens is 246 g/mol. The number of carbonyl (C=O) groups is 1. The first kappa shape index (κ1) is 15.3. The number of methoxy groups -OCH3 is 1. The number of ether oxygens (including phenoxy) is 3. The molecule has 1 aromatic rings. The molecule has 0 aliphatic carbocycles. The van der Waals surface area contributed by atoms with Gasteiger partial charge in [0.15, 0.2) is 0 Å². The third-order valence-electron chi connectivity index (χ3n) is 2.50. The normalized spacial score (nSPS) is 10.2. The minimum Gasteiger partial charge on any atom is -0.493 e. The van der Waals surface area contributed by atoms with Crippen molar-refractivity contribution in [2.45, 2.75) is 19.8 Å². The third kappa shape index (κ3) is 5.18. The van der Waals surface area contributed by atoms with Crippen LogP contribution >= 0.6 is 0 Å². The van der Waals surface area contributed by atoms with Gasteiger partial charge in [0.2, 0.25) is 0 Å². The summed E-state index contributed by atoms with van der Waals surface area (Å²) in [6.45, 7) is 3.31. The zero-order chi connectivity index (χ0) is 14.1. The zero-order valence-corrected chi connectivity index (χ0v) is 11.5. The highest BCUT2D eigenvalue weighted by Gasteiger charge is 2.13. The molecule has 106 valence electrons. The van der Waals surface area contributed by atoms with Crippen LogP contribution in [0.2, 0.25) is 0 Å². The summed E-state index contributed by atoms with van der Waals surface area (Å²) in [5.41, 5.74) is 6.66. The first-order chi connectivity index (χ1) is 9.19. The molecule has 0 heterocycles. The maximum absolute atomic E-state index is 11.7. The van der Waals surface area contributed by atoms with E-state index in [1.165, 1.54) is 0 Å². The molecule has 0 unspecified atom stereocenters. The number of esters is 1. The molecule has 0 aliphatic rings. The Hall–Kier alpha value is -1.75. The average Bonchev–Trinajstić information content (AvgIpc) is 2.39. The Balaban J connectivity index is 2.63. The molecule has 0 saturated heterocycles. The van der Waals surface area contributed by atoms with Gasteiger partial charge < -0.3 is 19.9 Å². The third-order valence-corrected chi connectivity index (χ3v) is 2.50. The maximum Gasteiger partial charge on any atom is 0.341 e. The molecule has 2 N–H and O–H groups in total. The van der Waals surface area contributed by atoms with Crippen molar-refractivity contribution in [2.75, 3.05) is 32.7 Å². The fourth-order valence-electron chi connectivity index (χ4n) is 1.57. The largest absolute Gasteiger partial charge is 0.493 e. The van der Waals surface area contributed by atoms with Crippen LogP contribution in [0.1, 0.15) is 30.1 Å². The van der Waals surface area contributed by atoms with Crippen LogP contribution in [0.5, 0.6) is 5.75 Å². The summed E-state index contributed by atoms with van der Waals surface area (Å²) in [5.74, 6) is 0.0743. The molecule has 0 bridgehead atoms. The Labute approximate surface area is 113 Å². The van der Waals surface area contributed by atoms with Crippen molar-refractivity contribution >= 4 is 11.7 Å². The van der Waals surface area contributed by atoms with Crippen LogP contribution in [0, 0.1) is 0 Å². The Morgan fingerprint density at radius 2 is 2.00 bits per heavy atom. The van der Waals surface area contributed by atoms with Crippen LogP contribution in [0.4, 0.5) is 5.69 Å². The summed E-state index contributed by atoms with van der Waals surface area (Å²) in [6, 6.07) is 4.92. The van der Waals surface area contributed by atoms with Crippen molar-refractivity contribution in [3.63, 3.8) is 0 Å². The van der Waals surface area contributed by atoms with E-state index < -0.39 is 5.97 Å². The second-order valence-electron chi connectivity index (χ2n) is 4.02. The van der Waals surface area contributed by atoms with E-state index in [-0.39, 0.29) is 0 Å². The molecule has 0 amide bonds. The van der Waals surface area contributed by atoms with Gasteiger partial charge in [-0.25, -0.2) is 4.79 Å². The minimum absolute atomic E-state index is 0.330. The van der Waals surface area contributed by atoms with Crippen LogP contribution in [-0.2, 0) is 9.47 Å². The Morgan fingerprint density at radius 3 is 2.68 bits per heavy atom. The molecule has 0 atom stereocenters. The monoisotopic (exact) mass is 267 g/mol. The van der Waals surface area contributed by atoms with E-state index in [0.29, 0.717) is 36.8 Å². The van der Waals surface area contributed by atoms with E-state index in [1.54, 1.807) is 32.2 Å². The van der Waals surface area contributed by atoms with Gasteiger partial charge in [-0.15, -0.1) is 0 Å². The number of rotatable bonds is 8. The molecule has 0 saturated carbocycles. The van der Waals surface area contributed by atoms with Gasteiger partial charge in [0.05, 0.1) is 13.2 Å². The predicted molar refractivity (Wildman–Crippen MR) is 73.4 cm³/mol. The number of nitrogens with two attached hydrogens (primary N) is 1. The molecule has 1 aromatic carbocycles. The summed E-state index contributed by atoms with van der Waals surface area (Å²) in [7, 11) is 1.66. The van der Waals surface area contributed by atoms with Gasteiger partial charge in [0.1, 0.15) is 11.3 Å². The van der Waals surface area contributed by atoms with Crippen LogP contribution in [-0.4, -0.2) is 32.9 Å². The average molecular weight is 267 g/mol. The van der Waals surface area contributed by atoms with Gasteiger partial charge in [-0.3, -0.25) is 0 Å². The SMILES string of the molecule is CCOC(=O)c1ccc(N)cc1OCCCCOC. The van der Waals surface area contributed by atoms with Crippen molar-refractivity contribution in [2.24, 2.45) is 0 Å². The lowest BCUT2D eigenvalue weighted by Crippen LogP contribution is -2.09. The number of nitrogen functional groups attached to an aromatic ring is 1. The number of hydrogen-bond donors (Lipinski definition) is 1. The quantitative estimate of drug-likeness (QED) is 0.444. The summed E-state index contributed by atoms with van der Waals surface area (Å²) < 4.78 is 15.5. The van der Waals surface area contributed by atoms with Crippen molar-refractivity contribution in [1.29, 1.82) is 0 Å². The molecule has 0 aromatic heterocycles. The fraction of sp³-hybridized carbons (Fsp3) is 0.500. The molecule has 0 spiro atoms. The number of carbonyl (C=O) groups excluding carboxylic acids is 1. The highest BCUT2D eigenvalue weighted by Crippen LogP contribution is 2.23. The molecule has 0 aliphatic heterocycles. The topological polar surface area (TPSA) is 70.8 Å². The summed E-state index contributed by atoms with van der Waals surface area (Å²) >= 11 is 0. The Morgan fingerprint density at radius 1 is 1.26 bits per heavy atom. The second kappa shape index (κ2) is 8.37. The smallest absolute Gasteiger partial charge is 0.341 e. The molecule has 5 nitrogen and oxygen atoms in total. The molecule has 5 heteroatoms. The second-order valence-corrected chi connectivity index (χ2v) is 4.02. The van der Waals surface area contributed by atoms with Gasteiger partial charge >= 0.3 is 5.97 Å². The first-order valence-corrected chi connectivity index (χ1v) is 6.37. The fourth-order valence-corrected chi connectivity index (χ4v) is 1.57. The highest BCUT2D eigenvalue weighted by molar-refractivity contribution is 5.93. The van der Waals surface area contributed by atoms with Crippen LogP contribution in [0.3, 0.4) is 0 Å². The highest BCUT2D eigenvalue weighted by atomic mass is 16.5. The van der Waals surface area contributed by atoms with Gasteiger partial charge in [-0.2, -0.15) is 0 Å². The minimum atomic E-state index is -0.394. The zero-order valence-electron chi connectivity index (χ0n) is 11.5. The molecule has 0 radical (unpaired) electrons. The van der Waals surface area contributed by atoms with E-state index in [9.17, 15) is 4.79 Å². The van der Waals surface area contributed by atoms with E-state index in [1.807, 2.05) is 0 Å². The van der Waals surface area contributed by atoms with Crippen LogP contribution < -0.4 is 10.5 Å². The number of unbranched alkanes of at least 4 members (excludes halogenated alkanes) is 1. The Bertz CT molecular complexity index is 406. The van der Waals surface area contributed by atoms with Crippen molar-refractivity contribution in [3.05, 3.63) is 23.8 Å². The first-order valence-electron chi connectivity index (χ1n) is 6.37. The summed E-state index contributed by atoms with van der Waals surface area (Å²) in [5, 5.41) is 0. The standard InChI is InChI=1S/C14H21NO4/c1-3-18-14(16)12-7-6-11(15)10-13(12)19-9-5-4-8-17-2/h6-7,10H,3-5,8-9,15H2,1-2H3. The van der Waals surface area contributed by atoms with Crippen LogP contribution in [0.25, 0.3) is 0 Å². The van der Waals surface area contributed by atoms with E-state index in [4.69, 9.17) is 19.9 Å². The molecule has 1 rings (SSSR count). The summed E-state index contributed by atoms with van der Waals surface area (Å²) in [4.78, 5) is 11.7. The lowest BCUT2D eigenvalue weighted by atomic mass is 10.2. The van der Waals surface area contributed by atoms with E-state index >= 15 is 0 Å². The predicted octanol–water partition coefficient (Wildman–Crippen LogP) is 2.25. The molecule has 19 heavy (non-hydrogen) atoms. The lowest BCUT2D eigenvalue weighted by Gasteiger charge is -2.11. The van der Waals surface area contributed by atoms with Crippen molar-refractivity contribution < 1.29 is 19.0 Å². The van der Waals surface area contributed by atoms with Gasteiger partial charge in [-0.1, -0.05) is 0 Å². The van der Waals surface area contributed by atoms with Gasteiger partial charge in [0.25, 0.3) is 0 Å². The van der Waals surface area contributed by atoms with Crippen LogP contribution in [0.15, 0.2) is 18.2 Å². The number of anilines is 1. The molecule has 0 fully saturated rings. The van der Waals surface area contributed by atoms with E-state index in [2.05, 4.69) is 0 Å². The van der Waals surface area contributed by atoms with Crippen molar-refractivity contribution in [3.8, 4) is 5.75 Å². The van der Waals surface area contributed by atoms with Gasteiger partial charge in [0, 0.05) is 25.5 Å². The number of benzene rings is 1. The van der Waals surface area contributed by atoms with Crippen molar-refractivity contribution in [1.82, 2.24) is 0 Å². The van der Waals surface area contributed by atoms with Gasteiger partial charge in [-0.05, 0) is 31.9 Å². The summed E-state index contributed by atoms with van der Waals surface area (Å²) in [6.07, 6.45) is 1.76. The molecular formula is C14H21NO4.